The van der Waals surface area contributed by atoms with E-state index in [2.05, 4.69) is 10.6 Å². The first-order valence-electron chi connectivity index (χ1n) is 8.94. The molecule has 6 nitrogen and oxygen atoms in total. The first kappa shape index (κ1) is 19.1. The average Bonchev–Trinajstić information content (AvgIpc) is 3.01. The fraction of sp³-hybridized carbons (Fsp3) is 0.579. The lowest BCUT2D eigenvalue weighted by Crippen LogP contribution is -2.48. The molecule has 2 rings (SSSR count). The molecule has 138 valence electrons. The molecular formula is C19H29N3O3. The number of likely N-dealkylation sites (tertiary alicyclic amines) is 1. The summed E-state index contributed by atoms with van der Waals surface area (Å²) in [6.07, 6.45) is 1.30. The second-order valence-electron chi connectivity index (χ2n) is 6.73. The first-order valence-corrected chi connectivity index (χ1v) is 8.94. The number of nitrogens with zero attached hydrogens (tertiary/aromatic N) is 1. The number of rotatable bonds is 6. The van der Waals surface area contributed by atoms with E-state index in [1.807, 2.05) is 45.9 Å². The summed E-state index contributed by atoms with van der Waals surface area (Å²) in [4.78, 5) is 25.6. The van der Waals surface area contributed by atoms with E-state index >= 15 is 0 Å². The van der Waals surface area contributed by atoms with Crippen molar-refractivity contribution in [2.24, 2.45) is 0 Å². The van der Waals surface area contributed by atoms with Crippen LogP contribution in [0.2, 0.25) is 0 Å². The second kappa shape index (κ2) is 8.74. The molecule has 25 heavy (non-hydrogen) atoms. The van der Waals surface area contributed by atoms with E-state index in [4.69, 9.17) is 4.74 Å². The Bertz CT molecular complexity index is 598. The molecule has 6 heteroatoms. The van der Waals surface area contributed by atoms with Crippen LogP contribution < -0.4 is 15.4 Å². The van der Waals surface area contributed by atoms with Crippen molar-refractivity contribution in [1.29, 1.82) is 0 Å². The van der Waals surface area contributed by atoms with Gasteiger partial charge in [0, 0.05) is 25.6 Å². The van der Waals surface area contributed by atoms with Gasteiger partial charge in [-0.15, -0.1) is 0 Å². The maximum atomic E-state index is 12.1. The first-order chi connectivity index (χ1) is 11.9. The number of carbonyl (C=O) groups excluding carboxylic acids is 2. The number of carbonyl (C=O) groups is 2. The fourth-order valence-corrected chi connectivity index (χ4v) is 3.06. The predicted molar refractivity (Wildman–Crippen MR) is 97.8 cm³/mol. The summed E-state index contributed by atoms with van der Waals surface area (Å²) in [5, 5.41) is 5.84. The maximum absolute atomic E-state index is 12.1. The lowest BCUT2D eigenvalue weighted by molar-refractivity contribution is -0.129. The van der Waals surface area contributed by atoms with Crippen molar-refractivity contribution in [2.45, 2.75) is 52.6 Å². The SMILES string of the molecule is CCC(=O)N1CC[C@@H](NC(=O)N[C@H](C)COc2c(C)cccc2C)C1. The highest BCUT2D eigenvalue weighted by Gasteiger charge is 2.26. The van der Waals surface area contributed by atoms with Gasteiger partial charge in [0.05, 0.1) is 6.04 Å². The van der Waals surface area contributed by atoms with Gasteiger partial charge in [0.2, 0.25) is 5.91 Å². The fourth-order valence-electron chi connectivity index (χ4n) is 3.06. The topological polar surface area (TPSA) is 70.7 Å². The molecule has 2 N–H and O–H groups in total. The maximum Gasteiger partial charge on any atom is 0.315 e. The van der Waals surface area contributed by atoms with Crippen LogP contribution >= 0.6 is 0 Å². The van der Waals surface area contributed by atoms with Crippen LogP contribution in [0, 0.1) is 13.8 Å². The van der Waals surface area contributed by atoms with Gasteiger partial charge >= 0.3 is 6.03 Å². The molecule has 1 aliphatic rings. The number of para-hydroxylation sites is 1. The van der Waals surface area contributed by atoms with Gasteiger partial charge in [0.15, 0.2) is 0 Å². The Balaban J connectivity index is 1.74. The Morgan fingerprint density at radius 2 is 2.00 bits per heavy atom. The minimum absolute atomic E-state index is 0.0160. The molecule has 2 atom stereocenters. The van der Waals surface area contributed by atoms with Crippen molar-refractivity contribution in [1.82, 2.24) is 15.5 Å². The highest BCUT2D eigenvalue weighted by atomic mass is 16.5. The van der Waals surface area contributed by atoms with Crippen LogP contribution in [0.3, 0.4) is 0 Å². The van der Waals surface area contributed by atoms with Crippen LogP contribution in [0.1, 0.15) is 37.8 Å². The molecule has 0 spiro atoms. The van der Waals surface area contributed by atoms with Gasteiger partial charge in [0.25, 0.3) is 0 Å². The van der Waals surface area contributed by atoms with E-state index in [0.29, 0.717) is 26.1 Å². The molecular weight excluding hydrogens is 318 g/mol. The van der Waals surface area contributed by atoms with Crippen LogP contribution in [0.4, 0.5) is 4.79 Å². The quantitative estimate of drug-likeness (QED) is 0.830. The highest BCUT2D eigenvalue weighted by Crippen LogP contribution is 2.22. The molecule has 0 aliphatic carbocycles. The van der Waals surface area contributed by atoms with E-state index in [9.17, 15) is 9.59 Å². The van der Waals surface area contributed by atoms with Crippen molar-refractivity contribution < 1.29 is 14.3 Å². The molecule has 1 aromatic carbocycles. The van der Waals surface area contributed by atoms with E-state index in [0.717, 1.165) is 23.3 Å². The minimum atomic E-state index is -0.214. The van der Waals surface area contributed by atoms with Gasteiger partial charge < -0.3 is 20.3 Å². The summed E-state index contributed by atoms with van der Waals surface area (Å²) >= 11 is 0. The van der Waals surface area contributed by atoms with Gasteiger partial charge in [-0.05, 0) is 38.3 Å². The monoisotopic (exact) mass is 347 g/mol. The normalized spacial score (nSPS) is 17.9. The van der Waals surface area contributed by atoms with Crippen molar-refractivity contribution >= 4 is 11.9 Å². The summed E-state index contributed by atoms with van der Waals surface area (Å²) < 4.78 is 5.87. The number of ether oxygens (including phenoxy) is 1. The summed E-state index contributed by atoms with van der Waals surface area (Å²) in [6.45, 7) is 9.50. The van der Waals surface area contributed by atoms with E-state index in [1.165, 1.54) is 0 Å². The van der Waals surface area contributed by atoms with Gasteiger partial charge in [-0.2, -0.15) is 0 Å². The number of hydrogen-bond acceptors (Lipinski definition) is 3. The molecule has 1 aliphatic heterocycles. The predicted octanol–water partition coefficient (Wildman–Crippen LogP) is 2.38. The van der Waals surface area contributed by atoms with Gasteiger partial charge in [0.1, 0.15) is 12.4 Å². The van der Waals surface area contributed by atoms with Crippen molar-refractivity contribution in [3.63, 3.8) is 0 Å². The van der Waals surface area contributed by atoms with E-state index < -0.39 is 0 Å². The van der Waals surface area contributed by atoms with Crippen LogP contribution in [-0.2, 0) is 4.79 Å². The second-order valence-corrected chi connectivity index (χ2v) is 6.73. The highest BCUT2D eigenvalue weighted by molar-refractivity contribution is 5.77. The number of aryl methyl sites for hydroxylation is 2. The molecule has 0 saturated carbocycles. The number of urea groups is 1. The third-order valence-corrected chi connectivity index (χ3v) is 4.44. The van der Waals surface area contributed by atoms with Gasteiger partial charge in [-0.3, -0.25) is 4.79 Å². The largest absolute Gasteiger partial charge is 0.491 e. The third kappa shape index (κ3) is 5.37. The van der Waals surface area contributed by atoms with Crippen LogP contribution in [0.25, 0.3) is 0 Å². The molecule has 1 heterocycles. The number of amides is 3. The Morgan fingerprint density at radius 1 is 1.32 bits per heavy atom. The van der Waals surface area contributed by atoms with Crippen molar-refractivity contribution in [3.05, 3.63) is 29.3 Å². The summed E-state index contributed by atoms with van der Waals surface area (Å²) in [6, 6.07) is 5.71. The number of benzene rings is 1. The molecule has 0 aromatic heterocycles. The van der Waals surface area contributed by atoms with Gasteiger partial charge in [-0.25, -0.2) is 4.79 Å². The lowest BCUT2D eigenvalue weighted by Gasteiger charge is -2.20. The van der Waals surface area contributed by atoms with Crippen LogP contribution in [-0.4, -0.2) is 48.6 Å². The standard InChI is InChI=1S/C19H29N3O3/c1-5-17(23)22-10-9-16(11-22)21-19(24)20-15(4)12-25-18-13(2)7-6-8-14(18)3/h6-8,15-16H,5,9-12H2,1-4H3,(H2,20,21,24)/t15-,16-/m1/s1. The summed E-state index contributed by atoms with van der Waals surface area (Å²) in [7, 11) is 0. The molecule has 1 saturated heterocycles. The zero-order chi connectivity index (χ0) is 18.4. The van der Waals surface area contributed by atoms with Crippen LogP contribution in [0.15, 0.2) is 18.2 Å². The Kier molecular flexibility index (Phi) is 6.67. The lowest BCUT2D eigenvalue weighted by atomic mass is 10.1. The number of nitrogens with one attached hydrogen (secondary N) is 2. The minimum Gasteiger partial charge on any atom is -0.491 e. The molecule has 3 amide bonds. The zero-order valence-corrected chi connectivity index (χ0v) is 15.6. The van der Waals surface area contributed by atoms with Crippen molar-refractivity contribution in [2.75, 3.05) is 19.7 Å². The molecule has 1 fully saturated rings. The smallest absolute Gasteiger partial charge is 0.315 e. The van der Waals surface area contributed by atoms with Gasteiger partial charge in [-0.1, -0.05) is 25.1 Å². The Labute approximate surface area is 149 Å². The number of hydrogen-bond donors (Lipinski definition) is 2. The zero-order valence-electron chi connectivity index (χ0n) is 15.6. The summed E-state index contributed by atoms with van der Waals surface area (Å²) in [5.41, 5.74) is 2.17. The van der Waals surface area contributed by atoms with Crippen molar-refractivity contribution in [3.8, 4) is 5.75 Å². The summed E-state index contributed by atoms with van der Waals surface area (Å²) in [5.74, 6) is 1.01. The molecule has 0 unspecified atom stereocenters. The van der Waals surface area contributed by atoms with E-state index in [1.54, 1.807) is 4.90 Å². The molecule has 0 bridgehead atoms. The molecule has 0 radical (unpaired) electrons. The molecule has 1 aromatic rings. The Hall–Kier alpha value is -2.24. The van der Waals surface area contributed by atoms with Crippen LogP contribution in [0.5, 0.6) is 5.75 Å². The Morgan fingerprint density at radius 3 is 2.64 bits per heavy atom. The van der Waals surface area contributed by atoms with E-state index in [-0.39, 0.29) is 24.0 Å². The average molecular weight is 347 g/mol. The third-order valence-electron chi connectivity index (χ3n) is 4.44.